The number of aromatic nitrogens is 2. The summed E-state index contributed by atoms with van der Waals surface area (Å²) in [4.78, 5) is 22.8. The van der Waals surface area contributed by atoms with Crippen molar-refractivity contribution in [3.8, 4) is 10.6 Å². The molecule has 142 valence electrons. The first-order chi connectivity index (χ1) is 13.2. The molecule has 0 saturated carbocycles. The van der Waals surface area contributed by atoms with Gasteiger partial charge >= 0.3 is 0 Å². The number of anilines is 1. The zero-order valence-electron chi connectivity index (χ0n) is 15.0. The molecule has 0 radical (unpaired) electrons. The van der Waals surface area contributed by atoms with Gasteiger partial charge in [-0.05, 0) is 48.0 Å². The van der Waals surface area contributed by atoms with Crippen molar-refractivity contribution in [2.75, 3.05) is 11.4 Å². The third-order valence-corrected chi connectivity index (χ3v) is 5.34. The fourth-order valence-corrected chi connectivity index (χ4v) is 3.86. The van der Waals surface area contributed by atoms with Crippen LogP contribution in [0.1, 0.15) is 5.56 Å². The first-order valence-corrected chi connectivity index (χ1v) is 9.41. The highest BCUT2D eigenvalue weighted by atomic mass is 35.5. The zero-order valence-corrected chi connectivity index (χ0v) is 16.6. The van der Waals surface area contributed by atoms with Crippen molar-refractivity contribution < 1.29 is 4.79 Å². The van der Waals surface area contributed by atoms with E-state index in [1.807, 2.05) is 54.6 Å². The van der Waals surface area contributed by atoms with Crippen LogP contribution in [-0.4, -0.2) is 22.4 Å². The Kier molecular flexibility index (Phi) is 6.36. The van der Waals surface area contributed by atoms with Crippen LogP contribution in [0, 0.1) is 0 Å². The molecule has 0 aliphatic carbocycles. The first-order valence-electron chi connectivity index (χ1n) is 8.60. The van der Waals surface area contributed by atoms with E-state index in [1.54, 1.807) is 28.6 Å². The number of nitrogens with two attached hydrogens (primary N) is 1. The lowest BCUT2D eigenvalue weighted by molar-refractivity contribution is -0.117. The number of carbonyl (C=O) groups is 1. The van der Waals surface area contributed by atoms with Crippen molar-refractivity contribution in [3.63, 3.8) is 0 Å². The van der Waals surface area contributed by atoms with Crippen molar-refractivity contribution in [3.05, 3.63) is 78.6 Å². The number of amides is 1. The molecule has 4 aromatic rings. The number of benzene rings is 2. The van der Waals surface area contributed by atoms with E-state index in [-0.39, 0.29) is 24.9 Å². The Morgan fingerprint density at radius 3 is 2.50 bits per heavy atom. The smallest absolute Gasteiger partial charge is 0.241 e. The second-order valence-electron chi connectivity index (χ2n) is 6.08. The Hall–Kier alpha value is -2.80. The third-order valence-electron chi connectivity index (χ3n) is 4.26. The van der Waals surface area contributed by atoms with Crippen LogP contribution < -0.4 is 10.6 Å². The van der Waals surface area contributed by atoms with E-state index in [2.05, 4.69) is 16.0 Å². The van der Waals surface area contributed by atoms with Crippen LogP contribution in [-0.2, 0) is 11.3 Å². The number of halogens is 1. The van der Waals surface area contributed by atoms with Gasteiger partial charge in [0.2, 0.25) is 5.91 Å². The zero-order chi connectivity index (χ0) is 18.6. The van der Waals surface area contributed by atoms with Crippen LogP contribution in [0.15, 0.2) is 73.1 Å². The largest absolute Gasteiger partial charge is 0.322 e. The molecule has 7 heteroatoms. The lowest BCUT2D eigenvalue weighted by atomic mass is 10.1. The third kappa shape index (κ3) is 4.20. The van der Waals surface area contributed by atoms with Crippen LogP contribution in [0.3, 0.4) is 0 Å². The number of rotatable bonds is 5. The second kappa shape index (κ2) is 8.93. The van der Waals surface area contributed by atoms with Gasteiger partial charge in [-0.25, -0.2) is 4.98 Å². The van der Waals surface area contributed by atoms with E-state index in [9.17, 15) is 4.79 Å². The number of nitrogens with zero attached hydrogens (tertiary/aromatic N) is 3. The van der Waals surface area contributed by atoms with Crippen molar-refractivity contribution in [2.45, 2.75) is 6.54 Å². The van der Waals surface area contributed by atoms with Crippen LogP contribution in [0.2, 0.25) is 0 Å². The normalized spacial score (nSPS) is 10.5. The molecule has 5 nitrogen and oxygen atoms in total. The highest BCUT2D eigenvalue weighted by Gasteiger charge is 2.15. The molecule has 0 bridgehead atoms. The highest BCUT2D eigenvalue weighted by Crippen LogP contribution is 2.31. The van der Waals surface area contributed by atoms with Crippen LogP contribution >= 0.6 is 23.7 Å². The van der Waals surface area contributed by atoms with Gasteiger partial charge in [0, 0.05) is 23.6 Å². The predicted octanol–water partition coefficient (Wildman–Crippen LogP) is 4.27. The van der Waals surface area contributed by atoms with Gasteiger partial charge in [-0.3, -0.25) is 9.78 Å². The Bertz CT molecular complexity index is 1030. The SMILES string of the molecule is Cl.NCC(=O)N(Cc1cccnc1)c1ccc(-c2nc3ccccc3s2)cc1. The molecular weight excluding hydrogens is 392 g/mol. The summed E-state index contributed by atoms with van der Waals surface area (Å²) in [5, 5.41) is 0.965. The summed E-state index contributed by atoms with van der Waals surface area (Å²) >= 11 is 1.66. The van der Waals surface area contributed by atoms with E-state index >= 15 is 0 Å². The molecule has 2 aromatic heterocycles. The Morgan fingerprint density at radius 2 is 1.82 bits per heavy atom. The average molecular weight is 411 g/mol. The van der Waals surface area contributed by atoms with E-state index in [4.69, 9.17) is 5.73 Å². The monoisotopic (exact) mass is 410 g/mol. The maximum atomic E-state index is 12.4. The van der Waals surface area contributed by atoms with Crippen molar-refractivity contribution >= 4 is 45.6 Å². The number of hydrogen-bond donors (Lipinski definition) is 1. The lowest BCUT2D eigenvalue weighted by Gasteiger charge is -2.22. The minimum Gasteiger partial charge on any atom is -0.322 e. The van der Waals surface area contributed by atoms with Crippen molar-refractivity contribution in [1.29, 1.82) is 0 Å². The van der Waals surface area contributed by atoms with Gasteiger partial charge in [0.1, 0.15) is 5.01 Å². The molecule has 0 unspecified atom stereocenters. The van der Waals surface area contributed by atoms with Gasteiger partial charge < -0.3 is 10.6 Å². The van der Waals surface area contributed by atoms with Crippen LogP contribution in [0.25, 0.3) is 20.8 Å². The van der Waals surface area contributed by atoms with E-state index in [1.165, 1.54) is 0 Å². The molecule has 0 spiro atoms. The Balaban J connectivity index is 0.00000225. The summed E-state index contributed by atoms with van der Waals surface area (Å²) in [6.45, 7) is 0.393. The number of para-hydroxylation sites is 1. The van der Waals surface area contributed by atoms with Gasteiger partial charge in [0.05, 0.1) is 23.3 Å². The first kappa shape index (κ1) is 19.9. The highest BCUT2D eigenvalue weighted by molar-refractivity contribution is 7.21. The summed E-state index contributed by atoms with van der Waals surface area (Å²) < 4.78 is 1.16. The van der Waals surface area contributed by atoms with Crippen molar-refractivity contribution in [1.82, 2.24) is 9.97 Å². The summed E-state index contributed by atoms with van der Waals surface area (Å²) in [5.74, 6) is -0.133. The van der Waals surface area contributed by atoms with Gasteiger partial charge in [0.25, 0.3) is 0 Å². The summed E-state index contributed by atoms with van der Waals surface area (Å²) in [7, 11) is 0. The molecule has 0 fully saturated rings. The van der Waals surface area contributed by atoms with Gasteiger partial charge in [-0.2, -0.15) is 0 Å². The molecule has 1 amide bonds. The quantitative estimate of drug-likeness (QED) is 0.533. The standard InChI is InChI=1S/C21H18N4OS.ClH/c22-12-20(26)25(14-15-4-3-11-23-13-15)17-9-7-16(8-10-17)21-24-18-5-1-2-6-19(18)27-21;/h1-11,13H,12,14,22H2;1H. The fourth-order valence-electron chi connectivity index (χ4n) is 2.89. The number of carbonyl (C=O) groups excluding carboxylic acids is 1. The maximum absolute atomic E-state index is 12.4. The van der Waals surface area contributed by atoms with E-state index in [0.717, 1.165) is 32.0 Å². The average Bonchev–Trinajstić information content (AvgIpc) is 3.17. The fraction of sp³-hybridized carbons (Fsp3) is 0.0952. The second-order valence-corrected chi connectivity index (χ2v) is 7.11. The molecule has 4 rings (SSSR count). The molecule has 2 N–H and O–H groups in total. The maximum Gasteiger partial charge on any atom is 0.241 e. The van der Waals surface area contributed by atoms with E-state index < -0.39 is 0 Å². The summed E-state index contributed by atoms with van der Waals surface area (Å²) in [6, 6.07) is 19.7. The van der Waals surface area contributed by atoms with Crippen molar-refractivity contribution in [2.24, 2.45) is 5.73 Å². The molecule has 0 aliphatic rings. The minimum atomic E-state index is -0.133. The van der Waals surface area contributed by atoms with E-state index in [0.29, 0.717) is 6.54 Å². The molecular formula is C21H19ClN4OS. The Morgan fingerprint density at radius 1 is 1.04 bits per heavy atom. The van der Waals surface area contributed by atoms with Gasteiger partial charge in [-0.15, -0.1) is 23.7 Å². The summed E-state index contributed by atoms with van der Waals surface area (Å²) in [6.07, 6.45) is 3.47. The van der Waals surface area contributed by atoms with Crippen LogP contribution in [0.4, 0.5) is 5.69 Å². The molecule has 0 saturated heterocycles. The number of thiazole rings is 1. The molecule has 0 atom stereocenters. The summed E-state index contributed by atoms with van der Waals surface area (Å²) in [5.41, 5.74) is 9.40. The minimum absolute atomic E-state index is 0. The molecule has 28 heavy (non-hydrogen) atoms. The van der Waals surface area contributed by atoms with Crippen LogP contribution in [0.5, 0.6) is 0 Å². The number of fused-ring (bicyclic) bond motifs is 1. The molecule has 2 heterocycles. The van der Waals surface area contributed by atoms with Gasteiger partial charge in [0.15, 0.2) is 0 Å². The number of hydrogen-bond acceptors (Lipinski definition) is 5. The van der Waals surface area contributed by atoms with Gasteiger partial charge in [-0.1, -0.05) is 18.2 Å². The molecule has 2 aromatic carbocycles. The lowest BCUT2D eigenvalue weighted by Crippen LogP contribution is -2.35. The topological polar surface area (TPSA) is 72.1 Å². The number of pyridine rings is 1. The molecule has 0 aliphatic heterocycles. The predicted molar refractivity (Wildman–Crippen MR) is 117 cm³/mol. The Labute approximate surface area is 173 Å².